The van der Waals surface area contributed by atoms with Gasteiger partial charge in [0.2, 0.25) is 0 Å². The van der Waals surface area contributed by atoms with Crippen LogP contribution in [0.4, 0.5) is 11.6 Å². The van der Waals surface area contributed by atoms with Crippen LogP contribution < -0.4 is 16.8 Å². The molecule has 1 fully saturated rings. The normalized spacial score (nSPS) is 17.2. The van der Waals surface area contributed by atoms with Crippen molar-refractivity contribution < 1.29 is 0 Å². The van der Waals surface area contributed by atoms with Crippen molar-refractivity contribution in [1.29, 1.82) is 0 Å². The van der Waals surface area contributed by atoms with E-state index in [1.54, 1.807) is 17.8 Å². The molecule has 0 radical (unpaired) electrons. The standard InChI is InChI=1S/C10H18N6S/c11-8-7-9(12)15-10(14-8)17-6-5-16-3-1-13-2-4-16/h7,13H,1-6H2,(H4,11,12,14,15). The van der Waals surface area contributed by atoms with Gasteiger partial charge in [-0.05, 0) is 0 Å². The molecule has 0 unspecified atom stereocenters. The van der Waals surface area contributed by atoms with Crippen LogP contribution in [0.2, 0.25) is 0 Å². The van der Waals surface area contributed by atoms with Crippen molar-refractivity contribution in [2.75, 3.05) is 49.9 Å². The van der Waals surface area contributed by atoms with Gasteiger partial charge in [0.1, 0.15) is 11.6 Å². The Labute approximate surface area is 105 Å². The zero-order chi connectivity index (χ0) is 12.1. The minimum atomic E-state index is 0.433. The molecule has 0 amide bonds. The van der Waals surface area contributed by atoms with E-state index in [0.29, 0.717) is 16.8 Å². The molecule has 0 aromatic carbocycles. The van der Waals surface area contributed by atoms with Crippen molar-refractivity contribution in [3.8, 4) is 0 Å². The van der Waals surface area contributed by atoms with Gasteiger partial charge in [0.15, 0.2) is 5.16 Å². The first-order valence-corrected chi connectivity index (χ1v) is 6.68. The molecule has 1 aliphatic heterocycles. The molecule has 2 rings (SSSR count). The number of hydrogen-bond donors (Lipinski definition) is 3. The molecule has 5 N–H and O–H groups in total. The van der Waals surface area contributed by atoms with E-state index in [4.69, 9.17) is 11.5 Å². The molecule has 1 aromatic rings. The highest BCUT2D eigenvalue weighted by atomic mass is 32.2. The van der Waals surface area contributed by atoms with Gasteiger partial charge in [0.25, 0.3) is 0 Å². The molecule has 94 valence electrons. The Kier molecular flexibility index (Phi) is 4.41. The number of thioether (sulfide) groups is 1. The predicted octanol–water partition coefficient (Wildman–Crippen LogP) is -0.362. The monoisotopic (exact) mass is 254 g/mol. The summed E-state index contributed by atoms with van der Waals surface area (Å²) in [4.78, 5) is 10.7. The van der Waals surface area contributed by atoms with Crippen LogP contribution in [-0.2, 0) is 0 Å². The quantitative estimate of drug-likeness (QED) is 0.499. The maximum absolute atomic E-state index is 5.61. The summed E-state index contributed by atoms with van der Waals surface area (Å²) in [6.45, 7) is 5.42. The van der Waals surface area contributed by atoms with Crippen molar-refractivity contribution in [3.63, 3.8) is 0 Å². The highest BCUT2D eigenvalue weighted by molar-refractivity contribution is 7.99. The molecular weight excluding hydrogens is 236 g/mol. The zero-order valence-corrected chi connectivity index (χ0v) is 10.5. The number of aromatic nitrogens is 2. The van der Waals surface area contributed by atoms with Gasteiger partial charge < -0.3 is 16.8 Å². The van der Waals surface area contributed by atoms with Gasteiger partial charge >= 0.3 is 0 Å². The van der Waals surface area contributed by atoms with E-state index in [2.05, 4.69) is 20.2 Å². The van der Waals surface area contributed by atoms with Crippen molar-refractivity contribution >= 4 is 23.4 Å². The number of nitrogens with zero attached hydrogens (tertiary/aromatic N) is 3. The predicted molar refractivity (Wildman–Crippen MR) is 70.9 cm³/mol. The maximum atomic E-state index is 5.61. The Morgan fingerprint density at radius 2 is 1.88 bits per heavy atom. The van der Waals surface area contributed by atoms with Crippen LogP contribution in [0.1, 0.15) is 0 Å². The van der Waals surface area contributed by atoms with E-state index in [9.17, 15) is 0 Å². The number of nitrogen functional groups attached to an aromatic ring is 2. The Morgan fingerprint density at radius 3 is 2.53 bits per heavy atom. The molecule has 1 aliphatic rings. The minimum Gasteiger partial charge on any atom is -0.383 e. The second-order valence-corrected chi connectivity index (χ2v) is 5.00. The Balaban J connectivity index is 1.77. The third-order valence-corrected chi connectivity index (χ3v) is 3.42. The van der Waals surface area contributed by atoms with E-state index >= 15 is 0 Å². The fourth-order valence-electron chi connectivity index (χ4n) is 1.73. The summed E-state index contributed by atoms with van der Waals surface area (Å²) in [6, 6.07) is 1.57. The van der Waals surface area contributed by atoms with E-state index in [1.807, 2.05) is 0 Å². The molecule has 17 heavy (non-hydrogen) atoms. The second kappa shape index (κ2) is 6.04. The second-order valence-electron chi connectivity index (χ2n) is 3.94. The summed E-state index contributed by atoms with van der Waals surface area (Å²) >= 11 is 1.60. The maximum Gasteiger partial charge on any atom is 0.191 e. The summed E-state index contributed by atoms with van der Waals surface area (Å²) in [7, 11) is 0. The van der Waals surface area contributed by atoms with Crippen molar-refractivity contribution in [2.24, 2.45) is 0 Å². The number of hydrogen-bond acceptors (Lipinski definition) is 7. The highest BCUT2D eigenvalue weighted by Crippen LogP contribution is 2.16. The van der Waals surface area contributed by atoms with E-state index in [1.165, 1.54) is 0 Å². The SMILES string of the molecule is Nc1cc(N)nc(SCCN2CCNCC2)n1. The Morgan fingerprint density at radius 1 is 1.24 bits per heavy atom. The summed E-state index contributed by atoms with van der Waals surface area (Å²) in [5.74, 6) is 1.83. The fourth-order valence-corrected chi connectivity index (χ4v) is 2.60. The van der Waals surface area contributed by atoms with Crippen molar-refractivity contribution in [1.82, 2.24) is 20.2 Å². The van der Waals surface area contributed by atoms with Gasteiger partial charge in [-0.1, -0.05) is 11.8 Å². The van der Waals surface area contributed by atoms with Gasteiger partial charge in [-0.3, -0.25) is 4.90 Å². The molecule has 1 saturated heterocycles. The molecule has 0 atom stereocenters. The Hall–Kier alpha value is -1.05. The fraction of sp³-hybridized carbons (Fsp3) is 0.600. The number of anilines is 2. The van der Waals surface area contributed by atoms with Crippen molar-refractivity contribution in [3.05, 3.63) is 6.07 Å². The highest BCUT2D eigenvalue weighted by Gasteiger charge is 2.09. The molecule has 0 saturated carbocycles. The summed E-state index contributed by atoms with van der Waals surface area (Å²) in [5.41, 5.74) is 11.2. The summed E-state index contributed by atoms with van der Waals surface area (Å²) < 4.78 is 0. The van der Waals surface area contributed by atoms with Gasteiger partial charge in [0, 0.05) is 44.5 Å². The first kappa shape index (κ1) is 12.4. The molecule has 0 aliphatic carbocycles. The molecule has 0 bridgehead atoms. The lowest BCUT2D eigenvalue weighted by Gasteiger charge is -2.26. The molecule has 1 aromatic heterocycles. The number of piperazine rings is 1. The van der Waals surface area contributed by atoms with Gasteiger partial charge in [-0.2, -0.15) is 0 Å². The number of rotatable bonds is 4. The smallest absolute Gasteiger partial charge is 0.191 e. The lowest BCUT2D eigenvalue weighted by atomic mass is 10.4. The molecule has 7 heteroatoms. The average molecular weight is 254 g/mol. The molecular formula is C10H18N6S. The third-order valence-electron chi connectivity index (χ3n) is 2.59. The van der Waals surface area contributed by atoms with Crippen LogP contribution in [0.15, 0.2) is 11.2 Å². The van der Waals surface area contributed by atoms with E-state index in [-0.39, 0.29) is 0 Å². The van der Waals surface area contributed by atoms with E-state index < -0.39 is 0 Å². The lowest BCUT2D eigenvalue weighted by molar-refractivity contribution is 0.255. The molecule has 6 nitrogen and oxygen atoms in total. The zero-order valence-electron chi connectivity index (χ0n) is 9.72. The molecule has 2 heterocycles. The van der Waals surface area contributed by atoms with Crippen molar-refractivity contribution in [2.45, 2.75) is 5.16 Å². The average Bonchev–Trinajstić information content (AvgIpc) is 2.29. The molecule has 0 spiro atoms. The van der Waals surface area contributed by atoms with Crippen LogP contribution in [0.25, 0.3) is 0 Å². The van der Waals surface area contributed by atoms with Crippen LogP contribution in [-0.4, -0.2) is 53.3 Å². The van der Waals surface area contributed by atoms with Crippen LogP contribution >= 0.6 is 11.8 Å². The van der Waals surface area contributed by atoms with Gasteiger partial charge in [-0.15, -0.1) is 0 Å². The van der Waals surface area contributed by atoms with E-state index in [0.717, 1.165) is 38.5 Å². The Bertz CT molecular complexity index is 346. The third kappa shape index (κ3) is 4.03. The lowest BCUT2D eigenvalue weighted by Crippen LogP contribution is -2.44. The topological polar surface area (TPSA) is 93.1 Å². The van der Waals surface area contributed by atoms with Gasteiger partial charge in [0.05, 0.1) is 0 Å². The largest absolute Gasteiger partial charge is 0.383 e. The first-order valence-electron chi connectivity index (χ1n) is 5.70. The number of nitrogens with one attached hydrogen (secondary N) is 1. The first-order chi connectivity index (χ1) is 8.24. The van der Waals surface area contributed by atoms with Gasteiger partial charge in [-0.25, -0.2) is 9.97 Å². The van der Waals surface area contributed by atoms with Crippen LogP contribution in [0.5, 0.6) is 0 Å². The van der Waals surface area contributed by atoms with Crippen LogP contribution in [0.3, 0.4) is 0 Å². The van der Waals surface area contributed by atoms with Crippen LogP contribution in [0, 0.1) is 0 Å². The summed E-state index contributed by atoms with van der Waals surface area (Å²) in [6.07, 6.45) is 0. The minimum absolute atomic E-state index is 0.433. The number of nitrogens with two attached hydrogens (primary N) is 2. The summed E-state index contributed by atoms with van der Waals surface area (Å²) in [5, 5.41) is 4.00.